The molecule has 0 radical (unpaired) electrons. The van der Waals surface area contributed by atoms with Crippen molar-refractivity contribution in [3.8, 4) is 0 Å². The van der Waals surface area contributed by atoms with Gasteiger partial charge in [-0.25, -0.2) is 0 Å². The van der Waals surface area contributed by atoms with Crippen LogP contribution in [-0.4, -0.2) is 37.6 Å². The van der Waals surface area contributed by atoms with Crippen LogP contribution in [0.25, 0.3) is 0 Å². The predicted molar refractivity (Wildman–Crippen MR) is 83.5 cm³/mol. The molecule has 1 heterocycles. The Morgan fingerprint density at radius 2 is 1.33 bits per heavy atom. The Morgan fingerprint density at radius 1 is 0.833 bits per heavy atom. The van der Waals surface area contributed by atoms with Crippen LogP contribution in [0.4, 0.5) is 5.69 Å². The minimum atomic E-state index is 1.16. The molecule has 0 bridgehead atoms. The number of benzene rings is 1. The van der Waals surface area contributed by atoms with Crippen LogP contribution in [0.1, 0.15) is 34.6 Å². The molecule has 0 atom stereocenters. The summed E-state index contributed by atoms with van der Waals surface area (Å²) in [6, 6.07) is 10.7. The summed E-state index contributed by atoms with van der Waals surface area (Å²) in [7, 11) is 0. The Hall–Kier alpha value is -1.02. The molecule has 2 rings (SSSR count). The van der Waals surface area contributed by atoms with Crippen LogP contribution in [0.5, 0.6) is 0 Å². The first-order chi connectivity index (χ1) is 8.90. The van der Waals surface area contributed by atoms with Crippen molar-refractivity contribution in [2.75, 3.05) is 37.6 Å². The summed E-state index contributed by atoms with van der Waals surface area (Å²) in [5.74, 6) is 0. The lowest BCUT2D eigenvalue weighted by Crippen LogP contribution is -2.46. The number of likely N-dealkylation sites (N-methyl/N-ethyl adjacent to an activating group) is 1. The Balaban J connectivity index is 0.000000659. The summed E-state index contributed by atoms with van der Waals surface area (Å²) in [4.78, 5) is 4.96. The third kappa shape index (κ3) is 5.54. The maximum absolute atomic E-state index is 2.50. The van der Waals surface area contributed by atoms with Crippen molar-refractivity contribution in [3.05, 3.63) is 30.3 Å². The Bertz CT molecular complexity index is 264. The summed E-state index contributed by atoms with van der Waals surface area (Å²) >= 11 is 0. The van der Waals surface area contributed by atoms with Crippen molar-refractivity contribution in [1.29, 1.82) is 0 Å². The van der Waals surface area contributed by atoms with E-state index in [9.17, 15) is 0 Å². The molecular formula is C16H30N2. The quantitative estimate of drug-likeness (QED) is 0.786. The summed E-state index contributed by atoms with van der Waals surface area (Å²) in [5.41, 5.74) is 1.36. The predicted octanol–water partition coefficient (Wildman–Crippen LogP) is 3.88. The van der Waals surface area contributed by atoms with Gasteiger partial charge in [0.15, 0.2) is 0 Å². The topological polar surface area (TPSA) is 6.48 Å². The van der Waals surface area contributed by atoms with Crippen LogP contribution < -0.4 is 4.90 Å². The lowest BCUT2D eigenvalue weighted by atomic mass is 10.2. The van der Waals surface area contributed by atoms with E-state index in [-0.39, 0.29) is 0 Å². The Kier molecular flexibility index (Phi) is 10.5. The van der Waals surface area contributed by atoms with E-state index in [4.69, 9.17) is 0 Å². The number of hydrogen-bond acceptors (Lipinski definition) is 2. The molecule has 0 aromatic heterocycles. The van der Waals surface area contributed by atoms with Crippen LogP contribution >= 0.6 is 0 Å². The number of piperazine rings is 1. The van der Waals surface area contributed by atoms with Gasteiger partial charge in [0.05, 0.1) is 0 Å². The minimum Gasteiger partial charge on any atom is -0.369 e. The largest absolute Gasteiger partial charge is 0.369 e. The lowest BCUT2D eigenvalue weighted by molar-refractivity contribution is 0.271. The van der Waals surface area contributed by atoms with E-state index < -0.39 is 0 Å². The van der Waals surface area contributed by atoms with E-state index in [1.54, 1.807) is 0 Å². The molecule has 0 N–H and O–H groups in total. The summed E-state index contributed by atoms with van der Waals surface area (Å²) in [6.45, 7) is 16.1. The smallest absolute Gasteiger partial charge is 0.0367 e. The van der Waals surface area contributed by atoms with Crippen LogP contribution in [0, 0.1) is 0 Å². The highest BCUT2D eigenvalue weighted by Gasteiger charge is 2.14. The minimum absolute atomic E-state index is 1.16. The summed E-state index contributed by atoms with van der Waals surface area (Å²) in [6.07, 6.45) is 0. The molecule has 1 aromatic carbocycles. The van der Waals surface area contributed by atoms with Gasteiger partial charge in [-0.05, 0) is 18.7 Å². The van der Waals surface area contributed by atoms with Gasteiger partial charge < -0.3 is 9.80 Å². The zero-order chi connectivity index (χ0) is 13.8. The van der Waals surface area contributed by atoms with Crippen molar-refractivity contribution >= 4 is 5.69 Å². The van der Waals surface area contributed by atoms with E-state index in [0.29, 0.717) is 0 Å². The molecule has 18 heavy (non-hydrogen) atoms. The monoisotopic (exact) mass is 250 g/mol. The Morgan fingerprint density at radius 3 is 1.78 bits per heavy atom. The van der Waals surface area contributed by atoms with Crippen LogP contribution in [0.15, 0.2) is 30.3 Å². The van der Waals surface area contributed by atoms with Crippen LogP contribution in [0.3, 0.4) is 0 Å². The molecule has 0 spiro atoms. The van der Waals surface area contributed by atoms with Gasteiger partial charge >= 0.3 is 0 Å². The molecular weight excluding hydrogens is 220 g/mol. The second-order valence-electron chi connectivity index (χ2n) is 3.76. The molecule has 1 fully saturated rings. The third-order valence-corrected chi connectivity index (χ3v) is 2.94. The van der Waals surface area contributed by atoms with Gasteiger partial charge in [-0.2, -0.15) is 0 Å². The first-order valence-corrected chi connectivity index (χ1v) is 7.42. The molecule has 0 unspecified atom stereocenters. The van der Waals surface area contributed by atoms with Gasteiger partial charge in [0.1, 0.15) is 0 Å². The molecule has 104 valence electrons. The molecule has 0 amide bonds. The lowest BCUT2D eigenvalue weighted by Gasteiger charge is -2.35. The number of para-hydroxylation sites is 1. The van der Waals surface area contributed by atoms with Gasteiger partial charge in [-0.15, -0.1) is 0 Å². The van der Waals surface area contributed by atoms with Crippen molar-refractivity contribution in [2.24, 2.45) is 0 Å². The maximum Gasteiger partial charge on any atom is 0.0367 e. The summed E-state index contributed by atoms with van der Waals surface area (Å²) < 4.78 is 0. The second kappa shape index (κ2) is 11.1. The zero-order valence-electron chi connectivity index (χ0n) is 12.8. The number of hydrogen-bond donors (Lipinski definition) is 0. The normalized spacial score (nSPS) is 15.1. The number of nitrogens with zero attached hydrogens (tertiary/aromatic N) is 2. The fourth-order valence-electron chi connectivity index (χ4n) is 1.96. The highest BCUT2D eigenvalue weighted by Crippen LogP contribution is 2.14. The first-order valence-electron chi connectivity index (χ1n) is 7.42. The highest BCUT2D eigenvalue weighted by molar-refractivity contribution is 5.46. The molecule has 1 aliphatic heterocycles. The van der Waals surface area contributed by atoms with E-state index >= 15 is 0 Å². The van der Waals surface area contributed by atoms with Crippen molar-refractivity contribution in [2.45, 2.75) is 34.6 Å². The standard InChI is InChI=1S/C12H18N2.2C2H6/c1-2-13-8-10-14(11-9-13)12-6-4-3-5-7-12;2*1-2/h3-7H,2,8-11H2,1H3;2*1-2H3. The van der Waals surface area contributed by atoms with Gasteiger partial charge in [0.2, 0.25) is 0 Å². The van der Waals surface area contributed by atoms with E-state index in [1.807, 2.05) is 27.7 Å². The molecule has 2 heteroatoms. The van der Waals surface area contributed by atoms with Crippen LogP contribution in [0.2, 0.25) is 0 Å². The van der Waals surface area contributed by atoms with E-state index in [0.717, 1.165) is 13.1 Å². The number of rotatable bonds is 2. The van der Waals surface area contributed by atoms with E-state index in [1.165, 1.54) is 25.3 Å². The molecule has 0 aliphatic carbocycles. The first kappa shape index (κ1) is 17.0. The average Bonchev–Trinajstić information content (AvgIpc) is 2.52. The molecule has 1 saturated heterocycles. The zero-order valence-corrected chi connectivity index (χ0v) is 12.8. The van der Waals surface area contributed by atoms with Crippen LogP contribution in [-0.2, 0) is 0 Å². The summed E-state index contributed by atoms with van der Waals surface area (Å²) in [5, 5.41) is 0. The van der Waals surface area contributed by atoms with E-state index in [2.05, 4.69) is 47.1 Å². The molecule has 2 nitrogen and oxygen atoms in total. The molecule has 1 aliphatic rings. The van der Waals surface area contributed by atoms with Crippen molar-refractivity contribution < 1.29 is 0 Å². The number of anilines is 1. The van der Waals surface area contributed by atoms with Gasteiger partial charge in [-0.3, -0.25) is 0 Å². The SMILES string of the molecule is CC.CC.CCN1CCN(c2ccccc2)CC1. The maximum atomic E-state index is 2.50. The van der Waals surface area contributed by atoms with Gasteiger partial charge in [0.25, 0.3) is 0 Å². The fraction of sp³-hybridized carbons (Fsp3) is 0.625. The highest BCUT2D eigenvalue weighted by atomic mass is 15.3. The third-order valence-electron chi connectivity index (χ3n) is 2.94. The van der Waals surface area contributed by atoms with Crippen molar-refractivity contribution in [1.82, 2.24) is 4.90 Å². The molecule has 1 aromatic rings. The van der Waals surface area contributed by atoms with Gasteiger partial charge in [-0.1, -0.05) is 52.8 Å². The van der Waals surface area contributed by atoms with Gasteiger partial charge in [0, 0.05) is 31.9 Å². The van der Waals surface area contributed by atoms with Crippen molar-refractivity contribution in [3.63, 3.8) is 0 Å². The fourth-order valence-corrected chi connectivity index (χ4v) is 1.96. The Labute approximate surface area is 114 Å². The second-order valence-corrected chi connectivity index (χ2v) is 3.76. The molecule has 0 saturated carbocycles. The average molecular weight is 250 g/mol.